The van der Waals surface area contributed by atoms with Gasteiger partial charge in [-0.3, -0.25) is 4.79 Å². The normalized spacial score (nSPS) is 51.7. The van der Waals surface area contributed by atoms with Gasteiger partial charge < -0.3 is 15.3 Å². The predicted octanol–water partition coefficient (Wildman–Crippen LogP) is 4.48. The van der Waals surface area contributed by atoms with Crippen LogP contribution in [0.3, 0.4) is 0 Å². The Labute approximate surface area is 170 Å². The van der Waals surface area contributed by atoms with E-state index in [9.17, 15) is 15.0 Å². The van der Waals surface area contributed by atoms with Crippen molar-refractivity contribution in [1.82, 2.24) is 0 Å². The van der Waals surface area contributed by atoms with Crippen LogP contribution in [0.25, 0.3) is 0 Å². The third-order valence-corrected chi connectivity index (χ3v) is 10.3. The molecule has 4 aliphatic rings. The number of rotatable bonds is 4. The Hall–Kier alpha value is -0.610. The number of carbonyl (C=O) groups is 1. The summed E-state index contributed by atoms with van der Waals surface area (Å²) in [5, 5.41) is 30.8. The highest BCUT2D eigenvalue weighted by Gasteiger charge is 2.63. The first-order valence-electron chi connectivity index (χ1n) is 11.8. The standard InChI is InChI=1S/C24H40O4/c1-14(4-9-22(27)28)18-7-8-19-17-6-5-15-12-16(25)10-11-23(15,2)20(17)13-21(26)24(18,19)3/h14-21,25-26H,4-13H2,1-3H3,(H,27,28)/t14-,15+,16-,17-,18-,19+,20+,21+,23+,24-/m1/s1. The lowest BCUT2D eigenvalue weighted by Crippen LogP contribution is -2.58. The molecule has 0 unspecified atom stereocenters. The molecule has 10 atom stereocenters. The Morgan fingerprint density at radius 1 is 1.04 bits per heavy atom. The van der Waals surface area contributed by atoms with Crippen LogP contribution in [0.4, 0.5) is 0 Å². The highest BCUT2D eigenvalue weighted by atomic mass is 16.4. The summed E-state index contributed by atoms with van der Waals surface area (Å²) in [6.45, 7) is 6.99. The predicted molar refractivity (Wildman–Crippen MR) is 109 cm³/mol. The Kier molecular flexibility index (Phi) is 5.36. The minimum atomic E-state index is -0.707. The van der Waals surface area contributed by atoms with Crippen LogP contribution < -0.4 is 0 Å². The zero-order chi connectivity index (χ0) is 20.3. The molecule has 28 heavy (non-hydrogen) atoms. The third kappa shape index (κ3) is 3.05. The van der Waals surface area contributed by atoms with Gasteiger partial charge in [0.15, 0.2) is 0 Å². The van der Waals surface area contributed by atoms with Crippen LogP contribution in [0, 0.1) is 46.3 Å². The molecule has 0 bridgehead atoms. The molecular formula is C24H40O4. The average molecular weight is 393 g/mol. The fourth-order valence-electron chi connectivity index (χ4n) is 8.71. The van der Waals surface area contributed by atoms with Gasteiger partial charge in [0.25, 0.3) is 0 Å². The van der Waals surface area contributed by atoms with Gasteiger partial charge in [0.05, 0.1) is 12.2 Å². The number of aliphatic hydroxyl groups is 2. The second-order valence-electron chi connectivity index (χ2n) is 11.3. The molecule has 0 saturated heterocycles. The highest BCUT2D eigenvalue weighted by molar-refractivity contribution is 5.66. The van der Waals surface area contributed by atoms with Crippen molar-refractivity contribution in [1.29, 1.82) is 0 Å². The van der Waals surface area contributed by atoms with Crippen molar-refractivity contribution >= 4 is 5.97 Å². The van der Waals surface area contributed by atoms with Crippen LogP contribution in [-0.2, 0) is 4.79 Å². The van der Waals surface area contributed by atoms with E-state index in [1.165, 1.54) is 19.3 Å². The molecule has 0 aromatic rings. The molecule has 0 aliphatic heterocycles. The lowest BCUT2D eigenvalue weighted by atomic mass is 9.43. The van der Waals surface area contributed by atoms with E-state index >= 15 is 0 Å². The number of fused-ring (bicyclic) bond motifs is 5. The number of carboxylic acid groups (broad SMARTS) is 1. The largest absolute Gasteiger partial charge is 0.481 e. The maximum atomic E-state index is 11.5. The number of hydrogen-bond acceptors (Lipinski definition) is 3. The molecule has 0 radical (unpaired) electrons. The first-order valence-corrected chi connectivity index (χ1v) is 11.8. The van der Waals surface area contributed by atoms with Crippen molar-refractivity contribution in [3.63, 3.8) is 0 Å². The van der Waals surface area contributed by atoms with Crippen molar-refractivity contribution in [2.45, 2.75) is 97.2 Å². The third-order valence-electron chi connectivity index (χ3n) is 10.3. The van der Waals surface area contributed by atoms with Crippen molar-refractivity contribution in [3.05, 3.63) is 0 Å². The molecule has 0 aromatic carbocycles. The van der Waals surface area contributed by atoms with E-state index < -0.39 is 5.97 Å². The molecule has 4 saturated carbocycles. The molecule has 0 spiro atoms. The van der Waals surface area contributed by atoms with E-state index in [0.29, 0.717) is 35.5 Å². The lowest BCUT2D eigenvalue weighted by molar-refractivity contribution is -0.175. The van der Waals surface area contributed by atoms with Crippen molar-refractivity contribution in [2.75, 3.05) is 0 Å². The molecule has 4 fully saturated rings. The monoisotopic (exact) mass is 392 g/mol. The summed E-state index contributed by atoms with van der Waals surface area (Å²) in [6.07, 6.45) is 9.26. The van der Waals surface area contributed by atoms with Gasteiger partial charge in [-0.05, 0) is 104 Å². The fraction of sp³-hybridized carbons (Fsp3) is 0.958. The molecule has 0 aromatic heterocycles. The summed E-state index contributed by atoms with van der Waals surface area (Å²) in [6, 6.07) is 0. The van der Waals surface area contributed by atoms with Crippen LogP contribution in [-0.4, -0.2) is 33.5 Å². The van der Waals surface area contributed by atoms with Gasteiger partial charge in [0.2, 0.25) is 0 Å². The van der Waals surface area contributed by atoms with Gasteiger partial charge >= 0.3 is 5.97 Å². The molecular weight excluding hydrogens is 352 g/mol. The summed E-state index contributed by atoms with van der Waals surface area (Å²) in [4.78, 5) is 11.1. The first-order chi connectivity index (χ1) is 13.2. The lowest BCUT2D eigenvalue weighted by Gasteiger charge is -2.62. The maximum Gasteiger partial charge on any atom is 0.303 e. The van der Waals surface area contributed by atoms with Gasteiger partial charge in [-0.2, -0.15) is 0 Å². The Bertz CT molecular complexity index is 605. The van der Waals surface area contributed by atoms with Gasteiger partial charge in [0.1, 0.15) is 0 Å². The fourth-order valence-corrected chi connectivity index (χ4v) is 8.71. The van der Waals surface area contributed by atoms with Crippen LogP contribution in [0.1, 0.15) is 85.0 Å². The summed E-state index contributed by atoms with van der Waals surface area (Å²) < 4.78 is 0. The van der Waals surface area contributed by atoms with Crippen LogP contribution >= 0.6 is 0 Å². The minimum absolute atomic E-state index is 0.0591. The summed E-state index contributed by atoms with van der Waals surface area (Å²) >= 11 is 0. The number of carboxylic acids is 1. The summed E-state index contributed by atoms with van der Waals surface area (Å²) in [5.74, 6) is 2.55. The molecule has 4 aliphatic carbocycles. The summed E-state index contributed by atoms with van der Waals surface area (Å²) in [5.41, 5.74) is 0.216. The molecule has 4 heteroatoms. The van der Waals surface area contributed by atoms with Gasteiger partial charge in [-0.15, -0.1) is 0 Å². The second-order valence-corrected chi connectivity index (χ2v) is 11.3. The quantitative estimate of drug-likeness (QED) is 0.659. The van der Waals surface area contributed by atoms with Crippen LogP contribution in [0.2, 0.25) is 0 Å². The highest BCUT2D eigenvalue weighted by Crippen LogP contribution is 2.68. The van der Waals surface area contributed by atoms with E-state index in [4.69, 9.17) is 5.11 Å². The van der Waals surface area contributed by atoms with Crippen molar-refractivity contribution in [2.24, 2.45) is 46.3 Å². The Balaban J connectivity index is 1.56. The molecule has 4 rings (SSSR count). The Morgan fingerprint density at radius 3 is 2.50 bits per heavy atom. The van der Waals surface area contributed by atoms with Gasteiger partial charge in [-0.25, -0.2) is 0 Å². The van der Waals surface area contributed by atoms with E-state index in [1.54, 1.807) is 0 Å². The number of aliphatic hydroxyl groups excluding tert-OH is 2. The average Bonchev–Trinajstić information content (AvgIpc) is 3.00. The van der Waals surface area contributed by atoms with Crippen molar-refractivity contribution < 1.29 is 20.1 Å². The summed E-state index contributed by atoms with van der Waals surface area (Å²) in [7, 11) is 0. The van der Waals surface area contributed by atoms with E-state index in [0.717, 1.165) is 38.5 Å². The zero-order valence-electron chi connectivity index (χ0n) is 17.9. The van der Waals surface area contributed by atoms with Gasteiger partial charge in [0, 0.05) is 6.42 Å². The smallest absolute Gasteiger partial charge is 0.303 e. The molecule has 3 N–H and O–H groups in total. The molecule has 4 nitrogen and oxygen atoms in total. The van der Waals surface area contributed by atoms with Crippen LogP contribution in [0.15, 0.2) is 0 Å². The van der Waals surface area contributed by atoms with E-state index in [1.807, 2.05) is 0 Å². The minimum Gasteiger partial charge on any atom is -0.481 e. The molecule has 160 valence electrons. The Morgan fingerprint density at radius 2 is 1.79 bits per heavy atom. The number of hydrogen-bond donors (Lipinski definition) is 3. The molecule has 0 amide bonds. The second kappa shape index (κ2) is 7.27. The maximum absolute atomic E-state index is 11.5. The SMILES string of the molecule is C[C@H](CCC(=O)O)[C@H]1CC[C@H]2[C@H]3CC[C@H]4C[C@H](O)CC[C@]4(C)[C@H]3C[C@H](O)[C@]12C. The van der Waals surface area contributed by atoms with E-state index in [-0.39, 0.29) is 29.5 Å². The van der Waals surface area contributed by atoms with E-state index in [2.05, 4.69) is 20.8 Å². The topological polar surface area (TPSA) is 77.8 Å². The zero-order valence-corrected chi connectivity index (χ0v) is 17.9. The van der Waals surface area contributed by atoms with Crippen LogP contribution in [0.5, 0.6) is 0 Å². The number of aliphatic carboxylic acids is 1. The molecule has 0 heterocycles. The van der Waals surface area contributed by atoms with Gasteiger partial charge in [-0.1, -0.05) is 20.8 Å². The van der Waals surface area contributed by atoms with Crippen molar-refractivity contribution in [3.8, 4) is 0 Å². The first kappa shape index (κ1) is 20.7.